The minimum absolute atomic E-state index is 0.104. The van der Waals surface area contributed by atoms with Gasteiger partial charge >= 0.3 is 32.3 Å². The van der Waals surface area contributed by atoms with Crippen molar-refractivity contribution in [2.75, 3.05) is 36.2 Å². The summed E-state index contributed by atoms with van der Waals surface area (Å²) in [6.45, 7) is 0.899. The van der Waals surface area contributed by atoms with Crippen molar-refractivity contribution in [1.29, 1.82) is 0 Å². The molecular weight excluding hydrogens is 512 g/mol. The van der Waals surface area contributed by atoms with Crippen LogP contribution in [0.1, 0.15) is 25.7 Å². The van der Waals surface area contributed by atoms with E-state index < -0.39 is 32.3 Å². The molecule has 12 nitrogen and oxygen atoms in total. The zero-order valence-electron chi connectivity index (χ0n) is 19.9. The van der Waals surface area contributed by atoms with Gasteiger partial charge in [-0.1, -0.05) is 25.0 Å². The van der Waals surface area contributed by atoms with Crippen molar-refractivity contribution in [2.24, 2.45) is 0 Å². The van der Waals surface area contributed by atoms with Gasteiger partial charge in [-0.2, -0.15) is 16.8 Å². The van der Waals surface area contributed by atoms with Gasteiger partial charge in [0.15, 0.2) is 0 Å². The molecule has 4 amide bonds. The minimum atomic E-state index is -3.65. The second-order valence-corrected chi connectivity index (χ2v) is 11.0. The van der Waals surface area contributed by atoms with E-state index in [9.17, 15) is 26.4 Å². The Hall–Kier alpha value is -3.52. The maximum absolute atomic E-state index is 12.0. The Bertz CT molecular complexity index is 1150. The van der Waals surface area contributed by atoms with Crippen molar-refractivity contribution < 1.29 is 34.8 Å². The monoisotopic (exact) mass is 542 g/mol. The van der Waals surface area contributed by atoms with Gasteiger partial charge in [-0.25, -0.2) is 9.59 Å². The van der Waals surface area contributed by atoms with Gasteiger partial charge in [0.2, 0.25) is 0 Å². The van der Waals surface area contributed by atoms with Crippen molar-refractivity contribution in [2.45, 2.75) is 25.7 Å². The number of benzene rings is 2. The molecule has 2 aromatic carbocycles. The summed E-state index contributed by atoms with van der Waals surface area (Å²) in [7, 11) is -7.31. The van der Waals surface area contributed by atoms with E-state index in [1.165, 1.54) is 24.3 Å². The van der Waals surface area contributed by atoms with E-state index in [0.717, 1.165) is 38.2 Å². The molecule has 0 saturated carbocycles. The van der Waals surface area contributed by atoms with E-state index in [4.69, 9.17) is 8.37 Å². The molecular formula is C22H30N4O8S2. The van der Waals surface area contributed by atoms with E-state index in [1.54, 1.807) is 24.3 Å². The van der Waals surface area contributed by atoms with E-state index in [1.807, 2.05) is 0 Å². The van der Waals surface area contributed by atoms with E-state index in [2.05, 4.69) is 21.3 Å². The third kappa shape index (κ3) is 12.8. The van der Waals surface area contributed by atoms with Crippen LogP contribution < -0.4 is 29.6 Å². The van der Waals surface area contributed by atoms with Gasteiger partial charge < -0.3 is 29.6 Å². The highest BCUT2D eigenvalue weighted by atomic mass is 32.2. The molecule has 0 spiro atoms. The van der Waals surface area contributed by atoms with Gasteiger partial charge in [0.05, 0.1) is 12.5 Å². The summed E-state index contributed by atoms with van der Waals surface area (Å²) in [6, 6.07) is 11.3. The highest BCUT2D eigenvalue weighted by Gasteiger charge is 2.08. The molecule has 36 heavy (non-hydrogen) atoms. The molecule has 14 heteroatoms. The molecule has 0 aliphatic carbocycles. The van der Waals surface area contributed by atoms with Crippen molar-refractivity contribution >= 4 is 43.7 Å². The molecule has 0 radical (unpaired) electrons. The molecule has 0 aliphatic rings. The first-order chi connectivity index (χ1) is 16.9. The Morgan fingerprint density at radius 3 is 1.42 bits per heavy atom. The largest absolute Gasteiger partial charge is 0.383 e. The van der Waals surface area contributed by atoms with Crippen LogP contribution in [0.15, 0.2) is 48.5 Å². The molecule has 0 aromatic heterocycles. The summed E-state index contributed by atoms with van der Waals surface area (Å²) in [5.74, 6) is 0.208. The van der Waals surface area contributed by atoms with Gasteiger partial charge in [0.1, 0.15) is 11.5 Å². The molecule has 2 rings (SSSR count). The van der Waals surface area contributed by atoms with Crippen LogP contribution in [0.25, 0.3) is 0 Å². The maximum Gasteiger partial charge on any atom is 0.319 e. The van der Waals surface area contributed by atoms with Gasteiger partial charge in [0.25, 0.3) is 0 Å². The molecule has 0 heterocycles. The lowest BCUT2D eigenvalue weighted by Gasteiger charge is -2.10. The second kappa shape index (κ2) is 13.5. The fraction of sp³-hybridized carbons (Fsp3) is 0.364. The van der Waals surface area contributed by atoms with Crippen LogP contribution in [0, 0.1) is 0 Å². The fourth-order valence-electron chi connectivity index (χ4n) is 2.96. The van der Waals surface area contributed by atoms with Crippen molar-refractivity contribution in [3.63, 3.8) is 0 Å². The number of urea groups is 2. The van der Waals surface area contributed by atoms with Crippen molar-refractivity contribution in [3.8, 4) is 11.5 Å². The summed E-state index contributed by atoms with van der Waals surface area (Å²) in [4.78, 5) is 24.0. The average molecular weight is 543 g/mol. The number of carbonyl (C=O) groups excluding carboxylic acids is 2. The van der Waals surface area contributed by atoms with Gasteiger partial charge in [-0.3, -0.25) is 0 Å². The normalized spacial score (nSPS) is 11.3. The van der Waals surface area contributed by atoms with Crippen LogP contribution in [0.5, 0.6) is 11.5 Å². The Labute approximate surface area is 211 Å². The Morgan fingerprint density at radius 2 is 1.06 bits per heavy atom. The zero-order chi connectivity index (χ0) is 26.6. The van der Waals surface area contributed by atoms with E-state index in [0.29, 0.717) is 24.5 Å². The molecule has 4 N–H and O–H groups in total. The first-order valence-electron chi connectivity index (χ1n) is 11.0. The number of nitrogens with one attached hydrogen (secondary N) is 4. The third-order valence-corrected chi connectivity index (χ3v) is 5.34. The van der Waals surface area contributed by atoms with Crippen LogP contribution in [0.3, 0.4) is 0 Å². The number of anilines is 2. The number of hydrogen-bond donors (Lipinski definition) is 4. The van der Waals surface area contributed by atoms with Crippen LogP contribution in [-0.4, -0.2) is 54.5 Å². The average Bonchev–Trinajstić information content (AvgIpc) is 2.73. The van der Waals surface area contributed by atoms with Crippen molar-refractivity contribution in [1.82, 2.24) is 10.6 Å². The first kappa shape index (κ1) is 28.7. The van der Waals surface area contributed by atoms with Crippen LogP contribution in [-0.2, 0) is 20.2 Å². The fourth-order valence-corrected chi connectivity index (χ4v) is 3.87. The quantitative estimate of drug-likeness (QED) is 0.221. The highest BCUT2D eigenvalue weighted by Crippen LogP contribution is 2.19. The summed E-state index contributed by atoms with van der Waals surface area (Å²) in [5, 5.41) is 10.7. The Morgan fingerprint density at radius 1 is 0.667 bits per heavy atom. The first-order valence-corrected chi connectivity index (χ1v) is 14.6. The highest BCUT2D eigenvalue weighted by molar-refractivity contribution is 7.86. The third-order valence-electron chi connectivity index (χ3n) is 4.35. The second-order valence-electron chi connectivity index (χ2n) is 7.81. The number of amides is 4. The topological polar surface area (TPSA) is 169 Å². The van der Waals surface area contributed by atoms with E-state index >= 15 is 0 Å². The molecule has 2 aromatic rings. The summed E-state index contributed by atoms with van der Waals surface area (Å²) < 4.78 is 54.3. The molecule has 0 aliphatic heterocycles. The van der Waals surface area contributed by atoms with E-state index in [-0.39, 0.29) is 11.5 Å². The molecule has 0 atom stereocenters. The van der Waals surface area contributed by atoms with Crippen molar-refractivity contribution in [3.05, 3.63) is 48.5 Å². The lowest BCUT2D eigenvalue weighted by Crippen LogP contribution is -2.30. The van der Waals surface area contributed by atoms with Crippen LogP contribution >= 0.6 is 0 Å². The van der Waals surface area contributed by atoms with Gasteiger partial charge in [-0.15, -0.1) is 0 Å². The molecule has 0 saturated heterocycles. The van der Waals surface area contributed by atoms with Crippen LogP contribution in [0.4, 0.5) is 21.0 Å². The summed E-state index contributed by atoms with van der Waals surface area (Å²) >= 11 is 0. The van der Waals surface area contributed by atoms with Crippen LogP contribution in [0.2, 0.25) is 0 Å². The smallest absolute Gasteiger partial charge is 0.319 e. The molecule has 0 unspecified atom stereocenters. The number of unbranched alkanes of at least 4 members (excludes halogenated alkanes) is 3. The lowest BCUT2D eigenvalue weighted by atomic mass is 10.2. The lowest BCUT2D eigenvalue weighted by molar-refractivity contribution is 0.250. The predicted molar refractivity (Wildman–Crippen MR) is 136 cm³/mol. The number of hydrogen-bond acceptors (Lipinski definition) is 8. The summed E-state index contributed by atoms with van der Waals surface area (Å²) in [6.07, 6.45) is 5.03. The molecule has 198 valence electrons. The SMILES string of the molecule is CS(=O)(=O)Oc1cccc(NC(=O)NCCCCCCNC(=O)Nc2cccc(OS(C)(=O)=O)c2)c1. The number of rotatable bonds is 13. The summed E-state index contributed by atoms with van der Waals surface area (Å²) in [5.41, 5.74) is 0.792. The van der Waals surface area contributed by atoms with Gasteiger partial charge in [-0.05, 0) is 37.1 Å². The number of carbonyl (C=O) groups is 2. The predicted octanol–water partition coefficient (Wildman–Crippen LogP) is 2.87. The standard InChI is InChI=1S/C22H30N4O8S2/c1-35(29,30)33-19-11-7-9-17(15-19)25-21(27)23-13-5-3-4-6-14-24-22(28)26-18-10-8-12-20(16-18)34-36(2,31)32/h7-12,15-16H,3-6,13-14H2,1-2H3,(H2,23,25,27)(H2,24,26,28). The molecule has 0 bridgehead atoms. The van der Waals surface area contributed by atoms with Gasteiger partial charge in [0, 0.05) is 36.6 Å². The Balaban J connectivity index is 1.56. The minimum Gasteiger partial charge on any atom is -0.383 e. The maximum atomic E-state index is 12.0. The zero-order valence-corrected chi connectivity index (χ0v) is 21.6. The molecule has 0 fully saturated rings. The Kier molecular flexibility index (Phi) is 10.8.